The normalized spacial score (nSPS) is 10.1. The Morgan fingerprint density at radius 1 is 1.12 bits per heavy atom. The summed E-state index contributed by atoms with van der Waals surface area (Å²) in [6.45, 7) is 0. The van der Waals surface area contributed by atoms with Gasteiger partial charge in [-0.15, -0.1) is 0 Å². The van der Waals surface area contributed by atoms with Crippen molar-refractivity contribution in [1.82, 2.24) is 0 Å². The van der Waals surface area contributed by atoms with E-state index in [-0.39, 0.29) is 19.3 Å². The fourth-order valence-corrected chi connectivity index (χ4v) is 1.41. The second-order valence-corrected chi connectivity index (χ2v) is 3.38. The monoisotopic (exact) mass is 226 g/mol. The van der Waals surface area contributed by atoms with Gasteiger partial charge in [0.15, 0.2) is 0 Å². The summed E-state index contributed by atoms with van der Waals surface area (Å²) in [4.78, 5) is 20.9. The van der Waals surface area contributed by atoms with Crippen LogP contribution in [0.3, 0.4) is 0 Å². The summed E-state index contributed by atoms with van der Waals surface area (Å²) in [6.07, 6.45) is -0.191. The summed E-state index contributed by atoms with van der Waals surface area (Å²) in [5.41, 5.74) is 0.889. The molecule has 0 radical (unpaired) electrons. The van der Waals surface area contributed by atoms with Crippen molar-refractivity contribution in [3.05, 3.63) is 35.1 Å². The Hall–Kier alpha value is -1.91. The molecule has 0 aliphatic carbocycles. The van der Waals surface area contributed by atoms with E-state index in [1.54, 1.807) is 0 Å². The first-order valence-corrected chi connectivity index (χ1v) is 4.70. The zero-order valence-electron chi connectivity index (χ0n) is 8.44. The standard InChI is InChI=1S/C11H11FO4/c12-9-3-1-7(2-4-10(13)14)8(5-9)6-11(15)16/h1,3,5H,2,4,6H2,(H,13,14)(H,15,16). The van der Waals surface area contributed by atoms with E-state index in [4.69, 9.17) is 10.2 Å². The van der Waals surface area contributed by atoms with Crippen LogP contribution in [0.2, 0.25) is 0 Å². The van der Waals surface area contributed by atoms with Crippen molar-refractivity contribution in [3.8, 4) is 0 Å². The maximum absolute atomic E-state index is 12.9. The van der Waals surface area contributed by atoms with Crippen molar-refractivity contribution in [2.45, 2.75) is 19.3 Å². The number of carboxylic acids is 2. The van der Waals surface area contributed by atoms with Gasteiger partial charge in [0.05, 0.1) is 6.42 Å². The molecule has 0 saturated carbocycles. The molecule has 0 aliphatic rings. The molecule has 0 heterocycles. The lowest BCUT2D eigenvalue weighted by Crippen LogP contribution is -2.06. The van der Waals surface area contributed by atoms with Crippen molar-refractivity contribution in [2.75, 3.05) is 0 Å². The Morgan fingerprint density at radius 2 is 1.81 bits per heavy atom. The number of aryl methyl sites for hydroxylation is 1. The molecule has 86 valence electrons. The lowest BCUT2D eigenvalue weighted by Gasteiger charge is -2.06. The highest BCUT2D eigenvalue weighted by Crippen LogP contribution is 2.14. The minimum Gasteiger partial charge on any atom is -0.481 e. The Bertz CT molecular complexity index is 414. The highest BCUT2D eigenvalue weighted by Gasteiger charge is 2.09. The Labute approximate surface area is 91.3 Å². The van der Waals surface area contributed by atoms with Crippen LogP contribution >= 0.6 is 0 Å². The van der Waals surface area contributed by atoms with Gasteiger partial charge in [-0.1, -0.05) is 6.07 Å². The quantitative estimate of drug-likeness (QED) is 0.797. The smallest absolute Gasteiger partial charge is 0.307 e. The lowest BCUT2D eigenvalue weighted by atomic mass is 10.0. The summed E-state index contributed by atoms with van der Waals surface area (Å²) in [5, 5.41) is 17.1. The first kappa shape index (κ1) is 12.2. The molecule has 0 saturated heterocycles. The van der Waals surface area contributed by atoms with Gasteiger partial charge in [0.1, 0.15) is 5.82 Å². The van der Waals surface area contributed by atoms with Crippen LogP contribution in [-0.4, -0.2) is 22.2 Å². The predicted octanol–water partition coefficient (Wildman–Crippen LogP) is 1.47. The summed E-state index contributed by atoms with van der Waals surface area (Å²) in [7, 11) is 0. The van der Waals surface area contributed by atoms with Crippen molar-refractivity contribution < 1.29 is 24.2 Å². The molecule has 0 spiro atoms. The van der Waals surface area contributed by atoms with E-state index in [0.29, 0.717) is 11.1 Å². The average Bonchev–Trinajstić information content (AvgIpc) is 2.15. The summed E-state index contributed by atoms with van der Waals surface area (Å²) in [5.74, 6) is -2.55. The summed E-state index contributed by atoms with van der Waals surface area (Å²) in [6, 6.07) is 3.75. The highest BCUT2D eigenvalue weighted by atomic mass is 19.1. The predicted molar refractivity (Wildman–Crippen MR) is 53.7 cm³/mol. The van der Waals surface area contributed by atoms with E-state index in [1.165, 1.54) is 12.1 Å². The van der Waals surface area contributed by atoms with Crippen LogP contribution in [0.5, 0.6) is 0 Å². The van der Waals surface area contributed by atoms with Crippen molar-refractivity contribution in [2.24, 2.45) is 0 Å². The molecule has 1 rings (SSSR count). The van der Waals surface area contributed by atoms with Gasteiger partial charge in [-0.05, 0) is 29.7 Å². The zero-order chi connectivity index (χ0) is 12.1. The van der Waals surface area contributed by atoms with E-state index in [0.717, 1.165) is 6.07 Å². The maximum Gasteiger partial charge on any atom is 0.307 e. The van der Waals surface area contributed by atoms with Gasteiger partial charge in [0.25, 0.3) is 0 Å². The third-order valence-corrected chi connectivity index (χ3v) is 2.12. The van der Waals surface area contributed by atoms with Crippen molar-refractivity contribution in [3.63, 3.8) is 0 Å². The number of hydrogen-bond acceptors (Lipinski definition) is 2. The molecule has 0 atom stereocenters. The van der Waals surface area contributed by atoms with E-state index in [2.05, 4.69) is 0 Å². The molecular formula is C11H11FO4. The Morgan fingerprint density at radius 3 is 2.38 bits per heavy atom. The minimum atomic E-state index is -1.07. The van der Waals surface area contributed by atoms with Crippen LogP contribution in [0.15, 0.2) is 18.2 Å². The summed E-state index contributed by atoms with van der Waals surface area (Å²) >= 11 is 0. The first-order valence-electron chi connectivity index (χ1n) is 4.70. The average molecular weight is 226 g/mol. The molecule has 0 fully saturated rings. The summed E-state index contributed by atoms with van der Waals surface area (Å²) < 4.78 is 12.9. The lowest BCUT2D eigenvalue weighted by molar-refractivity contribution is -0.137. The number of carboxylic acid groups (broad SMARTS) is 2. The molecule has 16 heavy (non-hydrogen) atoms. The van der Waals surface area contributed by atoms with Crippen LogP contribution in [0.1, 0.15) is 17.5 Å². The Balaban J connectivity index is 2.88. The number of rotatable bonds is 5. The molecule has 0 unspecified atom stereocenters. The van der Waals surface area contributed by atoms with E-state index >= 15 is 0 Å². The zero-order valence-corrected chi connectivity index (χ0v) is 8.44. The van der Waals surface area contributed by atoms with Crippen molar-refractivity contribution >= 4 is 11.9 Å². The van der Waals surface area contributed by atoms with Crippen LogP contribution in [0, 0.1) is 5.82 Å². The van der Waals surface area contributed by atoms with Gasteiger partial charge in [-0.25, -0.2) is 4.39 Å². The van der Waals surface area contributed by atoms with Crippen LogP contribution in [-0.2, 0) is 22.4 Å². The van der Waals surface area contributed by atoms with E-state index < -0.39 is 17.8 Å². The van der Waals surface area contributed by atoms with Crippen LogP contribution < -0.4 is 0 Å². The third kappa shape index (κ3) is 3.68. The molecule has 0 aromatic heterocycles. The van der Waals surface area contributed by atoms with Gasteiger partial charge in [0.2, 0.25) is 0 Å². The highest BCUT2D eigenvalue weighted by molar-refractivity contribution is 5.71. The van der Waals surface area contributed by atoms with Crippen LogP contribution in [0.4, 0.5) is 4.39 Å². The maximum atomic E-state index is 12.9. The van der Waals surface area contributed by atoms with E-state index in [9.17, 15) is 14.0 Å². The second-order valence-electron chi connectivity index (χ2n) is 3.38. The molecule has 2 N–H and O–H groups in total. The van der Waals surface area contributed by atoms with Gasteiger partial charge < -0.3 is 10.2 Å². The molecule has 0 amide bonds. The van der Waals surface area contributed by atoms with Crippen LogP contribution in [0.25, 0.3) is 0 Å². The number of aliphatic carboxylic acids is 2. The van der Waals surface area contributed by atoms with Gasteiger partial charge in [-0.2, -0.15) is 0 Å². The molecular weight excluding hydrogens is 215 g/mol. The molecule has 1 aromatic rings. The van der Waals surface area contributed by atoms with E-state index in [1.807, 2.05) is 0 Å². The topological polar surface area (TPSA) is 74.6 Å². The van der Waals surface area contributed by atoms with Gasteiger partial charge >= 0.3 is 11.9 Å². The molecule has 4 nitrogen and oxygen atoms in total. The fraction of sp³-hybridized carbons (Fsp3) is 0.273. The first-order chi connectivity index (χ1) is 7.49. The number of benzene rings is 1. The molecule has 5 heteroatoms. The van der Waals surface area contributed by atoms with Gasteiger partial charge in [-0.3, -0.25) is 9.59 Å². The number of halogens is 1. The number of carbonyl (C=O) groups is 2. The molecule has 0 aliphatic heterocycles. The Kier molecular flexibility index (Phi) is 3.99. The molecule has 1 aromatic carbocycles. The largest absolute Gasteiger partial charge is 0.481 e. The van der Waals surface area contributed by atoms with Crippen molar-refractivity contribution in [1.29, 1.82) is 0 Å². The fourth-order valence-electron chi connectivity index (χ4n) is 1.41. The minimum absolute atomic E-state index is 0.0990. The second kappa shape index (κ2) is 5.25. The SMILES string of the molecule is O=C(O)CCc1ccc(F)cc1CC(=O)O. The molecule has 0 bridgehead atoms. The van der Waals surface area contributed by atoms with Gasteiger partial charge in [0, 0.05) is 6.42 Å². The third-order valence-electron chi connectivity index (χ3n) is 2.12. The number of hydrogen-bond donors (Lipinski definition) is 2.